The van der Waals surface area contributed by atoms with Crippen LogP contribution in [0.3, 0.4) is 0 Å². The molecule has 0 aliphatic carbocycles. The maximum absolute atomic E-state index is 12.8. The van der Waals surface area contributed by atoms with E-state index in [9.17, 15) is 19.5 Å². The average molecular weight is 441 g/mol. The quantitative estimate of drug-likeness (QED) is 0.516. The van der Waals surface area contributed by atoms with Gasteiger partial charge in [0.1, 0.15) is 23.5 Å². The van der Waals surface area contributed by atoms with Gasteiger partial charge in [0.25, 0.3) is 0 Å². The summed E-state index contributed by atoms with van der Waals surface area (Å²) >= 11 is 0. The van der Waals surface area contributed by atoms with Crippen LogP contribution >= 0.6 is 0 Å². The second-order valence-corrected chi connectivity index (χ2v) is 7.25. The van der Waals surface area contributed by atoms with E-state index in [0.717, 1.165) is 5.56 Å². The Bertz CT molecular complexity index is 1120. The van der Waals surface area contributed by atoms with Crippen LogP contribution in [0.2, 0.25) is 0 Å². The molecule has 3 N–H and O–H groups in total. The molecule has 0 fully saturated rings. The number of rotatable bonds is 6. The number of esters is 2. The number of phenolic OH excluding ortho intramolecular Hbond substituents is 1. The molecule has 9 nitrogen and oxygen atoms in total. The van der Waals surface area contributed by atoms with Crippen LogP contribution in [0, 0.1) is 6.92 Å². The topological polar surface area (TPSA) is 134 Å². The van der Waals surface area contributed by atoms with E-state index < -0.39 is 17.8 Å². The molecule has 0 saturated carbocycles. The van der Waals surface area contributed by atoms with Crippen molar-refractivity contribution in [2.45, 2.75) is 26.9 Å². The minimum Gasteiger partial charge on any atom is -0.504 e. The minimum atomic E-state index is -0.751. The first-order valence-corrected chi connectivity index (χ1v) is 9.73. The van der Waals surface area contributed by atoms with E-state index in [2.05, 4.69) is 0 Å². The monoisotopic (exact) mass is 441 g/mol. The Balaban J connectivity index is 1.92. The van der Waals surface area contributed by atoms with E-state index >= 15 is 0 Å². The van der Waals surface area contributed by atoms with Crippen LogP contribution in [0.15, 0.2) is 35.9 Å². The van der Waals surface area contributed by atoms with E-state index in [1.54, 1.807) is 19.9 Å². The number of cyclic esters (lactones) is 1. The number of carbonyl (C=O) groups is 3. The molecule has 168 valence electrons. The SMILES string of the molecule is COc1c(C(=O)OCC/C(C)=C/C(N)=O)ccc2c1C(=O)OCc1cc(C)cc(O)c1O2. The summed E-state index contributed by atoms with van der Waals surface area (Å²) < 4.78 is 21.8. The summed E-state index contributed by atoms with van der Waals surface area (Å²) in [7, 11) is 1.30. The lowest BCUT2D eigenvalue weighted by Crippen LogP contribution is -2.16. The van der Waals surface area contributed by atoms with Crippen molar-refractivity contribution in [3.8, 4) is 23.0 Å². The molecule has 0 radical (unpaired) electrons. The molecule has 0 bridgehead atoms. The maximum atomic E-state index is 12.8. The number of nitrogens with two attached hydrogens (primary N) is 1. The van der Waals surface area contributed by atoms with Gasteiger partial charge >= 0.3 is 11.9 Å². The maximum Gasteiger partial charge on any atom is 0.346 e. The second kappa shape index (κ2) is 9.42. The Labute approximate surface area is 184 Å². The normalized spacial score (nSPS) is 13.0. The summed E-state index contributed by atoms with van der Waals surface area (Å²) in [5, 5.41) is 10.3. The van der Waals surface area contributed by atoms with E-state index in [0.29, 0.717) is 17.6 Å². The molecule has 1 amide bonds. The Morgan fingerprint density at radius 3 is 2.72 bits per heavy atom. The van der Waals surface area contributed by atoms with E-state index in [1.165, 1.54) is 31.4 Å². The summed E-state index contributed by atoms with van der Waals surface area (Å²) in [6.07, 6.45) is 1.56. The number of benzene rings is 2. The summed E-state index contributed by atoms with van der Waals surface area (Å²) in [5.74, 6) is -2.04. The smallest absolute Gasteiger partial charge is 0.346 e. The van der Waals surface area contributed by atoms with Gasteiger partial charge in [0.05, 0.1) is 13.7 Å². The molecule has 1 heterocycles. The van der Waals surface area contributed by atoms with Crippen LogP contribution in [0.5, 0.6) is 23.0 Å². The Hall–Kier alpha value is -4.01. The zero-order valence-electron chi connectivity index (χ0n) is 17.9. The van der Waals surface area contributed by atoms with Gasteiger partial charge in [-0.1, -0.05) is 5.57 Å². The molecule has 0 aromatic heterocycles. The molecule has 0 atom stereocenters. The number of aromatic hydroxyl groups is 1. The van der Waals surface area contributed by atoms with Gasteiger partial charge in [-0.15, -0.1) is 0 Å². The zero-order chi connectivity index (χ0) is 23.4. The van der Waals surface area contributed by atoms with E-state index in [-0.39, 0.29) is 47.3 Å². The number of amides is 1. The van der Waals surface area contributed by atoms with Gasteiger partial charge in [0.2, 0.25) is 5.91 Å². The third kappa shape index (κ3) is 4.83. The second-order valence-electron chi connectivity index (χ2n) is 7.25. The fraction of sp³-hybridized carbons (Fsp3) is 0.261. The van der Waals surface area contributed by atoms with Gasteiger partial charge in [-0.3, -0.25) is 4.79 Å². The van der Waals surface area contributed by atoms with Crippen LogP contribution in [0.1, 0.15) is 45.2 Å². The van der Waals surface area contributed by atoms with Crippen LogP contribution in [-0.4, -0.2) is 36.7 Å². The number of fused-ring (bicyclic) bond motifs is 2. The summed E-state index contributed by atoms with van der Waals surface area (Å²) in [5.41, 5.74) is 6.92. The highest BCUT2D eigenvalue weighted by Crippen LogP contribution is 2.42. The number of hydrogen-bond donors (Lipinski definition) is 2. The first-order chi connectivity index (χ1) is 15.2. The van der Waals surface area contributed by atoms with Crippen molar-refractivity contribution >= 4 is 17.8 Å². The van der Waals surface area contributed by atoms with Gasteiger partial charge in [-0.2, -0.15) is 0 Å². The fourth-order valence-corrected chi connectivity index (χ4v) is 3.29. The average Bonchev–Trinajstić information content (AvgIpc) is 2.71. The molecule has 0 saturated heterocycles. The predicted octanol–water partition coefficient (Wildman–Crippen LogP) is 3.15. The summed E-state index contributed by atoms with van der Waals surface area (Å²) in [4.78, 5) is 36.3. The number of phenols is 1. The van der Waals surface area contributed by atoms with Crippen molar-refractivity contribution in [2.24, 2.45) is 5.73 Å². The van der Waals surface area contributed by atoms with Crippen LogP contribution in [-0.2, 0) is 20.9 Å². The van der Waals surface area contributed by atoms with E-state index in [4.69, 9.17) is 24.7 Å². The first kappa shape index (κ1) is 22.7. The van der Waals surface area contributed by atoms with Gasteiger partial charge in [0.15, 0.2) is 17.2 Å². The van der Waals surface area contributed by atoms with Crippen molar-refractivity contribution in [3.05, 3.63) is 58.2 Å². The molecule has 2 aromatic rings. The molecule has 2 aromatic carbocycles. The molecule has 1 aliphatic rings. The number of hydrogen-bond acceptors (Lipinski definition) is 8. The van der Waals surface area contributed by atoms with Gasteiger partial charge in [0, 0.05) is 18.1 Å². The highest BCUT2D eigenvalue weighted by atomic mass is 16.6. The minimum absolute atomic E-state index is 0.00254. The van der Waals surface area contributed by atoms with E-state index in [1.807, 2.05) is 0 Å². The summed E-state index contributed by atoms with van der Waals surface area (Å²) in [6.45, 7) is 3.34. The number of primary amides is 1. The molecular formula is C23H23NO8. The van der Waals surface area contributed by atoms with Gasteiger partial charge in [-0.05, 0) is 43.7 Å². The lowest BCUT2D eigenvalue weighted by atomic mass is 10.1. The van der Waals surface area contributed by atoms with Crippen molar-refractivity contribution in [2.75, 3.05) is 13.7 Å². The number of aryl methyl sites for hydroxylation is 1. The van der Waals surface area contributed by atoms with Crippen LogP contribution in [0.4, 0.5) is 0 Å². The molecular weight excluding hydrogens is 418 g/mol. The third-order valence-electron chi connectivity index (χ3n) is 4.73. The van der Waals surface area contributed by atoms with Gasteiger partial charge < -0.3 is 29.8 Å². The Morgan fingerprint density at radius 1 is 1.28 bits per heavy atom. The lowest BCUT2D eigenvalue weighted by Gasteiger charge is -2.21. The fourth-order valence-electron chi connectivity index (χ4n) is 3.29. The van der Waals surface area contributed by atoms with Crippen molar-refractivity contribution < 1.29 is 38.4 Å². The molecule has 32 heavy (non-hydrogen) atoms. The Morgan fingerprint density at radius 2 is 2.03 bits per heavy atom. The van der Waals surface area contributed by atoms with Crippen molar-refractivity contribution in [1.82, 2.24) is 0 Å². The standard InChI is InChI=1S/C23H23NO8/c1-12(10-18(24)26)6-7-30-22(27)15-4-5-17-19(21(15)29-3)23(28)31-11-14-8-13(2)9-16(25)20(14)32-17/h4-5,8-10,25H,6-7,11H2,1-3H3,(H2,24,26)/b12-10+. The predicted molar refractivity (Wildman–Crippen MR) is 113 cm³/mol. The molecule has 0 unspecified atom stereocenters. The highest BCUT2D eigenvalue weighted by molar-refractivity contribution is 6.02. The van der Waals surface area contributed by atoms with Gasteiger partial charge in [-0.25, -0.2) is 9.59 Å². The first-order valence-electron chi connectivity index (χ1n) is 9.73. The largest absolute Gasteiger partial charge is 0.504 e. The summed E-state index contributed by atoms with van der Waals surface area (Å²) in [6, 6.07) is 6.07. The van der Waals surface area contributed by atoms with Crippen LogP contribution in [0.25, 0.3) is 0 Å². The van der Waals surface area contributed by atoms with Crippen molar-refractivity contribution in [3.63, 3.8) is 0 Å². The lowest BCUT2D eigenvalue weighted by molar-refractivity contribution is -0.113. The molecule has 0 spiro atoms. The molecule has 1 aliphatic heterocycles. The van der Waals surface area contributed by atoms with Crippen LogP contribution < -0.4 is 15.2 Å². The third-order valence-corrected chi connectivity index (χ3v) is 4.73. The Kier molecular flexibility index (Phi) is 6.67. The zero-order valence-corrected chi connectivity index (χ0v) is 17.9. The number of methoxy groups -OCH3 is 1. The number of carbonyl (C=O) groups excluding carboxylic acids is 3. The number of ether oxygens (including phenoxy) is 4. The molecule has 3 rings (SSSR count). The van der Waals surface area contributed by atoms with Crippen molar-refractivity contribution in [1.29, 1.82) is 0 Å². The highest BCUT2D eigenvalue weighted by Gasteiger charge is 2.30. The molecule has 9 heteroatoms.